The van der Waals surface area contributed by atoms with Crippen LogP contribution in [0, 0.1) is 0 Å². The molecule has 0 spiro atoms. The Hall–Kier alpha value is -0.170. The summed E-state index contributed by atoms with van der Waals surface area (Å²) in [6.07, 6.45) is 2.47. The van der Waals surface area contributed by atoms with E-state index in [0.29, 0.717) is 13.0 Å². The molecule has 0 aliphatic carbocycles. The summed E-state index contributed by atoms with van der Waals surface area (Å²) in [7, 11) is -1.29. The summed E-state index contributed by atoms with van der Waals surface area (Å²) in [4.78, 5) is 0. The largest absolute Gasteiger partial charge is 0.385 e. The Labute approximate surface area is 79.5 Å². The van der Waals surface area contributed by atoms with Gasteiger partial charge in [-0.2, -0.15) is 0 Å². The number of nitrogens with two attached hydrogens (primary N) is 1. The lowest BCUT2D eigenvalue weighted by atomic mass is 10.2. The number of hydrazine groups is 1. The summed E-state index contributed by atoms with van der Waals surface area (Å²) in [5.74, 6) is 5.40. The molecule has 0 aliphatic heterocycles. The molecule has 0 fully saturated rings. The van der Waals surface area contributed by atoms with Gasteiger partial charge in [0.05, 0.1) is 5.75 Å². The van der Waals surface area contributed by atoms with E-state index in [0.717, 1.165) is 6.42 Å². The zero-order chi connectivity index (χ0) is 10.3. The molecule has 1 unspecified atom stereocenters. The fourth-order valence-corrected chi connectivity index (χ4v) is 1.64. The van der Waals surface area contributed by atoms with Crippen LogP contribution in [0.3, 0.4) is 0 Å². The van der Waals surface area contributed by atoms with E-state index in [1.807, 2.05) is 0 Å². The van der Waals surface area contributed by atoms with Crippen molar-refractivity contribution in [1.29, 1.82) is 0 Å². The van der Waals surface area contributed by atoms with Gasteiger partial charge in [0.25, 0.3) is 0 Å². The highest BCUT2D eigenvalue weighted by Crippen LogP contribution is 1.99. The summed E-state index contributed by atoms with van der Waals surface area (Å²) in [6.45, 7) is 0.582. The van der Waals surface area contributed by atoms with Crippen LogP contribution < -0.4 is 11.3 Å². The van der Waals surface area contributed by atoms with Crippen LogP contribution in [0.5, 0.6) is 0 Å². The number of methoxy groups -OCH3 is 1. The van der Waals surface area contributed by atoms with Gasteiger partial charge in [-0.3, -0.25) is 11.3 Å². The maximum absolute atomic E-state index is 10.8. The van der Waals surface area contributed by atoms with E-state index in [4.69, 9.17) is 10.6 Å². The van der Waals surface area contributed by atoms with Gasteiger partial charge in [0.2, 0.25) is 0 Å². The smallest absolute Gasteiger partial charge is 0.147 e. The number of nitrogens with one attached hydrogen (secondary N) is 1. The molecule has 5 nitrogen and oxygen atoms in total. The first-order chi connectivity index (χ1) is 5.99. The average molecular weight is 210 g/mol. The van der Waals surface area contributed by atoms with Crippen molar-refractivity contribution in [3.63, 3.8) is 0 Å². The Morgan fingerprint density at radius 3 is 2.46 bits per heavy atom. The Morgan fingerprint density at radius 1 is 1.46 bits per heavy atom. The molecular weight excluding hydrogens is 192 g/mol. The molecule has 3 N–H and O–H groups in total. The molecule has 0 saturated heterocycles. The van der Waals surface area contributed by atoms with E-state index in [9.17, 15) is 8.42 Å². The summed E-state index contributed by atoms with van der Waals surface area (Å²) in [5.41, 5.74) is 2.56. The normalized spacial score (nSPS) is 14.4. The van der Waals surface area contributed by atoms with E-state index in [1.54, 1.807) is 7.11 Å². The van der Waals surface area contributed by atoms with Gasteiger partial charge >= 0.3 is 0 Å². The third kappa shape index (κ3) is 8.17. The molecule has 0 bridgehead atoms. The zero-order valence-corrected chi connectivity index (χ0v) is 8.93. The molecule has 0 rings (SSSR count). The minimum absolute atomic E-state index is 0.00896. The van der Waals surface area contributed by atoms with Crippen LogP contribution in [0.15, 0.2) is 0 Å². The van der Waals surface area contributed by atoms with Gasteiger partial charge in [0, 0.05) is 26.0 Å². The summed E-state index contributed by atoms with van der Waals surface area (Å²) < 4.78 is 26.5. The summed E-state index contributed by atoms with van der Waals surface area (Å²) >= 11 is 0. The van der Waals surface area contributed by atoms with Crippen LogP contribution in [0.25, 0.3) is 0 Å². The van der Waals surface area contributed by atoms with Crippen LogP contribution in [0.1, 0.15) is 12.8 Å². The van der Waals surface area contributed by atoms with E-state index >= 15 is 0 Å². The van der Waals surface area contributed by atoms with Crippen LogP contribution in [-0.2, 0) is 14.6 Å². The van der Waals surface area contributed by atoms with Gasteiger partial charge in [-0.1, -0.05) is 0 Å². The molecule has 0 aliphatic rings. The maximum Gasteiger partial charge on any atom is 0.147 e. The second-order valence-corrected chi connectivity index (χ2v) is 5.32. The Balaban J connectivity index is 3.72. The predicted molar refractivity (Wildman–Crippen MR) is 51.9 cm³/mol. The first kappa shape index (κ1) is 12.8. The van der Waals surface area contributed by atoms with Crippen molar-refractivity contribution in [2.45, 2.75) is 18.9 Å². The SMILES string of the molecule is COCCC(CCS(C)(=O)=O)NN. The maximum atomic E-state index is 10.8. The van der Waals surface area contributed by atoms with E-state index < -0.39 is 9.84 Å². The minimum Gasteiger partial charge on any atom is -0.385 e. The van der Waals surface area contributed by atoms with Gasteiger partial charge < -0.3 is 4.74 Å². The van der Waals surface area contributed by atoms with E-state index in [1.165, 1.54) is 6.26 Å². The van der Waals surface area contributed by atoms with Crippen LogP contribution in [-0.4, -0.2) is 40.2 Å². The van der Waals surface area contributed by atoms with Gasteiger partial charge in [-0.05, 0) is 12.8 Å². The minimum atomic E-state index is -2.89. The standard InChI is InChI=1S/C7H18N2O3S/c1-12-5-3-7(9-8)4-6-13(2,10)11/h7,9H,3-6,8H2,1-2H3. The third-order valence-electron chi connectivity index (χ3n) is 1.74. The lowest BCUT2D eigenvalue weighted by Crippen LogP contribution is -2.37. The predicted octanol–water partition coefficient (Wildman–Crippen LogP) is -0.710. The lowest BCUT2D eigenvalue weighted by molar-refractivity contribution is 0.182. The van der Waals surface area contributed by atoms with Crippen molar-refractivity contribution in [2.24, 2.45) is 5.84 Å². The highest BCUT2D eigenvalue weighted by Gasteiger charge is 2.10. The van der Waals surface area contributed by atoms with Gasteiger partial charge in [-0.25, -0.2) is 8.42 Å². The number of hydrogen-bond acceptors (Lipinski definition) is 5. The first-order valence-electron chi connectivity index (χ1n) is 4.12. The quantitative estimate of drug-likeness (QED) is 0.428. The Morgan fingerprint density at radius 2 is 2.08 bits per heavy atom. The molecule has 0 amide bonds. The lowest BCUT2D eigenvalue weighted by Gasteiger charge is -2.14. The van der Waals surface area contributed by atoms with Crippen LogP contribution in [0.4, 0.5) is 0 Å². The average Bonchev–Trinajstić information content (AvgIpc) is 2.03. The topological polar surface area (TPSA) is 81.4 Å². The van der Waals surface area contributed by atoms with E-state index in [2.05, 4.69) is 5.43 Å². The number of ether oxygens (including phenoxy) is 1. The van der Waals surface area contributed by atoms with Crippen molar-refractivity contribution in [3.05, 3.63) is 0 Å². The van der Waals surface area contributed by atoms with Crippen molar-refractivity contribution in [3.8, 4) is 0 Å². The van der Waals surface area contributed by atoms with Crippen molar-refractivity contribution in [2.75, 3.05) is 25.7 Å². The number of rotatable bonds is 7. The molecule has 0 radical (unpaired) electrons. The Bertz CT molecular complexity index is 216. The fourth-order valence-electron chi connectivity index (χ4n) is 0.927. The monoisotopic (exact) mass is 210 g/mol. The second-order valence-electron chi connectivity index (χ2n) is 3.06. The summed E-state index contributed by atoms with van der Waals surface area (Å²) in [6, 6.07) is 0.00896. The molecule has 13 heavy (non-hydrogen) atoms. The van der Waals surface area contributed by atoms with Crippen LogP contribution in [0.2, 0.25) is 0 Å². The molecule has 80 valence electrons. The molecule has 0 aromatic heterocycles. The molecule has 0 heterocycles. The number of sulfone groups is 1. The van der Waals surface area contributed by atoms with Crippen molar-refractivity contribution in [1.82, 2.24) is 5.43 Å². The molecule has 1 atom stereocenters. The third-order valence-corrected chi connectivity index (χ3v) is 2.72. The van der Waals surface area contributed by atoms with Crippen molar-refractivity contribution >= 4 is 9.84 Å². The molecule has 6 heteroatoms. The second kappa shape index (κ2) is 6.31. The first-order valence-corrected chi connectivity index (χ1v) is 6.18. The molecular formula is C7H18N2O3S. The summed E-state index contributed by atoms with van der Waals surface area (Å²) in [5, 5.41) is 0. The van der Waals surface area contributed by atoms with Gasteiger partial charge in [0.15, 0.2) is 0 Å². The van der Waals surface area contributed by atoms with Gasteiger partial charge in [0.1, 0.15) is 9.84 Å². The zero-order valence-electron chi connectivity index (χ0n) is 8.12. The highest BCUT2D eigenvalue weighted by atomic mass is 32.2. The van der Waals surface area contributed by atoms with Gasteiger partial charge in [-0.15, -0.1) is 0 Å². The molecule has 0 aromatic carbocycles. The Kier molecular flexibility index (Phi) is 6.23. The van der Waals surface area contributed by atoms with Crippen LogP contribution >= 0.6 is 0 Å². The molecule has 0 saturated carbocycles. The van der Waals surface area contributed by atoms with Crippen molar-refractivity contribution < 1.29 is 13.2 Å². The number of hydrogen-bond donors (Lipinski definition) is 2. The van der Waals surface area contributed by atoms with E-state index in [-0.39, 0.29) is 11.8 Å². The fraction of sp³-hybridized carbons (Fsp3) is 1.00. The highest BCUT2D eigenvalue weighted by molar-refractivity contribution is 7.90. The molecule has 0 aromatic rings.